The number of rotatable bonds is 4. The molecule has 0 spiro atoms. The monoisotopic (exact) mass is 274 g/mol. The summed E-state index contributed by atoms with van der Waals surface area (Å²) in [4.78, 5) is 7.18. The first-order valence-electron chi connectivity index (χ1n) is 7.11. The number of aromatic nitrogens is 1. The lowest BCUT2D eigenvalue weighted by Gasteiger charge is -2.37. The van der Waals surface area contributed by atoms with Crippen molar-refractivity contribution in [1.29, 1.82) is 0 Å². The molecule has 0 saturated heterocycles. The Hall–Kier alpha value is -1.06. The smallest absolute Gasteiger partial charge is 0.124 e. The van der Waals surface area contributed by atoms with Gasteiger partial charge in [-0.15, -0.1) is 0 Å². The van der Waals surface area contributed by atoms with Gasteiger partial charge in [-0.25, -0.2) is 0 Å². The molecule has 1 heterocycles. The molecule has 104 valence electrons. The van der Waals surface area contributed by atoms with Gasteiger partial charge in [-0.3, -0.25) is 0 Å². The van der Waals surface area contributed by atoms with Crippen molar-refractivity contribution in [2.24, 2.45) is 0 Å². The normalized spacial score (nSPS) is 13.1. The van der Waals surface area contributed by atoms with Gasteiger partial charge in [0.15, 0.2) is 0 Å². The minimum absolute atomic E-state index is 0.396. The van der Waals surface area contributed by atoms with Crippen molar-refractivity contribution < 1.29 is 0 Å². The molecule has 0 fully saturated rings. The molecule has 19 heavy (non-hydrogen) atoms. The Morgan fingerprint density at radius 3 is 2.53 bits per heavy atom. The summed E-state index contributed by atoms with van der Waals surface area (Å²) in [5.41, 5.74) is 2.66. The average molecular weight is 274 g/mol. The summed E-state index contributed by atoms with van der Waals surface area (Å²) in [6, 6.07) is 8.53. The van der Waals surface area contributed by atoms with Crippen molar-refractivity contribution >= 4 is 19.1 Å². The highest BCUT2D eigenvalue weighted by molar-refractivity contribution is 6.77. The Kier molecular flexibility index (Phi) is 3.88. The fraction of sp³-hybridized carbons (Fsp3) is 0.500. The Balaban J connectivity index is 2.00. The standard InChI is InChI=1S/C16H26N2Si/c1-16(2,3)19(4,5)18-11-10-13-12-17-15-9-7-6-8-14(13)15/h6-9,12,17-18H,10-11H2,1-5H3. The van der Waals surface area contributed by atoms with Crippen LogP contribution in [0.2, 0.25) is 18.1 Å². The Labute approximate surface area is 117 Å². The molecule has 0 unspecified atom stereocenters. The lowest BCUT2D eigenvalue weighted by molar-refractivity contribution is 0.683. The van der Waals surface area contributed by atoms with Gasteiger partial charge in [0, 0.05) is 17.1 Å². The minimum Gasteiger partial charge on any atom is -0.361 e. The number of aromatic amines is 1. The van der Waals surface area contributed by atoms with Gasteiger partial charge in [-0.1, -0.05) is 52.1 Å². The third kappa shape index (κ3) is 3.10. The topological polar surface area (TPSA) is 27.8 Å². The Bertz CT molecular complexity index is 549. The van der Waals surface area contributed by atoms with Crippen molar-refractivity contribution in [3.8, 4) is 0 Å². The summed E-state index contributed by atoms with van der Waals surface area (Å²) in [5, 5.41) is 1.76. The fourth-order valence-corrected chi connectivity index (χ4v) is 3.39. The van der Waals surface area contributed by atoms with Crippen LogP contribution in [-0.4, -0.2) is 19.8 Å². The average Bonchev–Trinajstić information content (AvgIpc) is 2.71. The maximum absolute atomic E-state index is 3.83. The Morgan fingerprint density at radius 2 is 1.84 bits per heavy atom. The number of H-pyrrole nitrogens is 1. The molecule has 0 amide bonds. The summed E-state index contributed by atoms with van der Waals surface area (Å²) in [6.45, 7) is 12.9. The second kappa shape index (κ2) is 5.14. The fourth-order valence-electron chi connectivity index (χ4n) is 2.11. The summed E-state index contributed by atoms with van der Waals surface area (Å²) >= 11 is 0. The molecule has 0 saturated carbocycles. The van der Waals surface area contributed by atoms with Crippen molar-refractivity contribution in [3.63, 3.8) is 0 Å². The quantitative estimate of drug-likeness (QED) is 0.799. The summed E-state index contributed by atoms with van der Waals surface area (Å²) in [6.07, 6.45) is 3.24. The van der Waals surface area contributed by atoms with Crippen LogP contribution in [-0.2, 0) is 6.42 Å². The molecule has 2 N–H and O–H groups in total. The molecule has 0 atom stereocenters. The number of hydrogen-bond acceptors (Lipinski definition) is 1. The van der Waals surface area contributed by atoms with Gasteiger partial charge in [0.1, 0.15) is 8.24 Å². The summed E-state index contributed by atoms with van der Waals surface area (Å²) < 4.78 is 0. The molecule has 2 aromatic rings. The zero-order valence-electron chi connectivity index (χ0n) is 12.8. The van der Waals surface area contributed by atoms with Gasteiger partial charge >= 0.3 is 0 Å². The lowest BCUT2D eigenvalue weighted by atomic mass is 10.1. The van der Waals surface area contributed by atoms with E-state index in [2.05, 4.69) is 74.3 Å². The second-order valence-corrected chi connectivity index (χ2v) is 12.0. The van der Waals surface area contributed by atoms with Crippen molar-refractivity contribution in [1.82, 2.24) is 9.97 Å². The van der Waals surface area contributed by atoms with E-state index in [0.717, 1.165) is 13.0 Å². The summed E-state index contributed by atoms with van der Waals surface area (Å²) in [5.74, 6) is 0. The van der Waals surface area contributed by atoms with Crippen LogP contribution in [0.4, 0.5) is 0 Å². The first-order valence-corrected chi connectivity index (χ1v) is 10.1. The van der Waals surface area contributed by atoms with E-state index in [9.17, 15) is 0 Å². The second-order valence-electron chi connectivity index (χ2n) is 6.91. The highest BCUT2D eigenvalue weighted by Gasteiger charge is 2.34. The largest absolute Gasteiger partial charge is 0.361 e. The van der Waals surface area contributed by atoms with Crippen LogP contribution in [0.15, 0.2) is 30.5 Å². The van der Waals surface area contributed by atoms with Crippen molar-refractivity contribution in [3.05, 3.63) is 36.0 Å². The van der Waals surface area contributed by atoms with E-state index in [1.54, 1.807) is 0 Å². The first kappa shape index (κ1) is 14.3. The number of fused-ring (bicyclic) bond motifs is 1. The molecule has 2 nitrogen and oxygen atoms in total. The van der Waals surface area contributed by atoms with Gasteiger partial charge in [-0.2, -0.15) is 0 Å². The van der Waals surface area contributed by atoms with Crippen molar-refractivity contribution in [2.75, 3.05) is 6.54 Å². The molecule has 0 aliphatic rings. The van der Waals surface area contributed by atoms with Crippen LogP contribution in [0.25, 0.3) is 10.9 Å². The highest BCUT2D eigenvalue weighted by atomic mass is 28.3. The van der Waals surface area contributed by atoms with Crippen LogP contribution in [0.1, 0.15) is 26.3 Å². The zero-order chi connectivity index (χ0) is 14.1. The van der Waals surface area contributed by atoms with E-state index in [-0.39, 0.29) is 0 Å². The molecule has 0 bridgehead atoms. The van der Waals surface area contributed by atoms with Crippen molar-refractivity contribution in [2.45, 2.75) is 45.3 Å². The SMILES string of the molecule is CC(C)(C)[Si](C)(C)NCCc1c[nH]c2ccccc12. The van der Waals surface area contributed by atoms with Crippen LogP contribution in [0, 0.1) is 0 Å². The number of benzene rings is 1. The highest BCUT2D eigenvalue weighted by Crippen LogP contribution is 2.33. The van der Waals surface area contributed by atoms with E-state index >= 15 is 0 Å². The van der Waals surface area contributed by atoms with E-state index < -0.39 is 8.24 Å². The van der Waals surface area contributed by atoms with Gasteiger partial charge < -0.3 is 9.97 Å². The molecule has 3 heteroatoms. The Morgan fingerprint density at radius 1 is 1.16 bits per heavy atom. The molecule has 0 radical (unpaired) electrons. The molecular formula is C16H26N2Si. The molecule has 0 aliphatic carbocycles. The van der Waals surface area contributed by atoms with Crippen LogP contribution >= 0.6 is 0 Å². The molecule has 2 rings (SSSR count). The lowest BCUT2D eigenvalue weighted by Crippen LogP contribution is -2.52. The third-order valence-corrected chi connectivity index (χ3v) is 9.40. The molecular weight excluding hydrogens is 248 g/mol. The maximum atomic E-state index is 3.83. The van der Waals surface area contributed by atoms with Gasteiger partial charge in [0.25, 0.3) is 0 Å². The van der Waals surface area contributed by atoms with Crippen LogP contribution in [0.3, 0.4) is 0 Å². The van der Waals surface area contributed by atoms with Gasteiger partial charge in [0.2, 0.25) is 0 Å². The van der Waals surface area contributed by atoms with Crippen LogP contribution < -0.4 is 4.98 Å². The molecule has 0 aliphatic heterocycles. The van der Waals surface area contributed by atoms with E-state index in [1.165, 1.54) is 16.5 Å². The minimum atomic E-state index is -1.37. The van der Waals surface area contributed by atoms with E-state index in [4.69, 9.17) is 0 Å². The number of hydrogen-bond donors (Lipinski definition) is 2. The molecule has 1 aromatic carbocycles. The van der Waals surface area contributed by atoms with E-state index in [0.29, 0.717) is 5.04 Å². The summed E-state index contributed by atoms with van der Waals surface area (Å²) in [7, 11) is -1.37. The third-order valence-electron chi connectivity index (χ3n) is 4.51. The van der Waals surface area contributed by atoms with Gasteiger partial charge in [-0.05, 0) is 29.6 Å². The first-order chi connectivity index (χ1) is 8.81. The predicted octanol–water partition coefficient (Wildman–Crippen LogP) is 4.31. The van der Waals surface area contributed by atoms with E-state index in [1.807, 2.05) is 0 Å². The predicted molar refractivity (Wildman–Crippen MR) is 87.2 cm³/mol. The van der Waals surface area contributed by atoms with Crippen LogP contribution in [0.5, 0.6) is 0 Å². The maximum Gasteiger partial charge on any atom is 0.124 e. The van der Waals surface area contributed by atoms with Gasteiger partial charge in [0.05, 0.1) is 0 Å². The zero-order valence-corrected chi connectivity index (χ0v) is 13.8. The molecule has 1 aromatic heterocycles. The number of nitrogens with one attached hydrogen (secondary N) is 2. The number of para-hydroxylation sites is 1.